The lowest BCUT2D eigenvalue weighted by molar-refractivity contribution is -0.162. The molecule has 0 aliphatic carbocycles. The molecule has 2 aliphatic heterocycles. The number of piperidine rings is 1. The lowest BCUT2D eigenvalue weighted by Gasteiger charge is -2.53. The average Bonchev–Trinajstić information content (AvgIpc) is 3.07. The van der Waals surface area contributed by atoms with Crippen molar-refractivity contribution < 1.29 is 45.4 Å². The maximum Gasteiger partial charge on any atom is 0.419 e. The van der Waals surface area contributed by atoms with Gasteiger partial charge in [0.15, 0.2) is 0 Å². The normalized spacial score (nSPS) is 16.1. The average molecular weight is 707 g/mol. The first-order valence-corrected chi connectivity index (χ1v) is 17.4. The summed E-state index contributed by atoms with van der Waals surface area (Å²) in [6.07, 6.45) is -1.09. The lowest BCUT2D eigenvalue weighted by atomic mass is 9.83. The largest absolute Gasteiger partial charge is 0.493 e. The van der Waals surface area contributed by atoms with Crippen LogP contribution in [0.2, 0.25) is 0 Å². The monoisotopic (exact) mass is 706 g/mol. The molecular weight excluding hydrogens is 665 g/mol. The van der Waals surface area contributed by atoms with Gasteiger partial charge < -0.3 is 14.4 Å². The number of likely N-dealkylation sites (N-methyl/N-ethyl adjacent to an activating group) is 1. The number of nitrogens with one attached hydrogen (secondary N) is 1. The minimum absolute atomic E-state index is 0.00904. The van der Waals surface area contributed by atoms with Crippen molar-refractivity contribution in [2.75, 3.05) is 52.3 Å². The van der Waals surface area contributed by atoms with Crippen LogP contribution in [0.3, 0.4) is 0 Å². The third-order valence-corrected chi connectivity index (χ3v) is 10.6. The molecule has 49 heavy (non-hydrogen) atoms. The van der Waals surface area contributed by atoms with Gasteiger partial charge in [-0.2, -0.15) is 13.2 Å². The van der Waals surface area contributed by atoms with Crippen molar-refractivity contribution in [2.45, 2.75) is 44.3 Å². The maximum atomic E-state index is 13.6. The highest BCUT2D eigenvalue weighted by Gasteiger charge is 2.58. The van der Waals surface area contributed by atoms with Crippen LogP contribution in [0, 0.1) is 6.92 Å². The van der Waals surface area contributed by atoms with Crippen molar-refractivity contribution >= 4 is 27.7 Å². The number of halogens is 3. The molecular formula is C34H41F3N4O7S. The van der Waals surface area contributed by atoms with E-state index in [9.17, 15) is 36.0 Å². The van der Waals surface area contributed by atoms with E-state index in [4.69, 9.17) is 9.47 Å². The van der Waals surface area contributed by atoms with Crippen molar-refractivity contribution in [2.24, 2.45) is 0 Å². The maximum absolute atomic E-state index is 13.6. The number of alkyl halides is 3. The summed E-state index contributed by atoms with van der Waals surface area (Å²) < 4.78 is 79.3. The Kier molecular flexibility index (Phi) is 11.9. The zero-order valence-corrected chi connectivity index (χ0v) is 28.4. The summed E-state index contributed by atoms with van der Waals surface area (Å²) in [6.45, 7) is 9.93. The lowest BCUT2D eigenvalue weighted by Crippen LogP contribution is -2.79. The number of benzene rings is 2. The SMILES string of the molecule is C=CCCOc1cc(C(=O)N2NC(=O)C23CCN(S(=O)(=O)CCc2ccc(C(=O)N(C)CCOCC=C)cc2C)CC3)ccc1C(F)(F)F. The van der Waals surface area contributed by atoms with E-state index in [1.54, 1.807) is 36.2 Å². The first-order valence-electron chi connectivity index (χ1n) is 15.8. The predicted molar refractivity (Wildman–Crippen MR) is 176 cm³/mol. The number of hydrazine groups is 1. The Morgan fingerprint density at radius 3 is 2.37 bits per heavy atom. The minimum Gasteiger partial charge on any atom is -0.493 e. The van der Waals surface area contributed by atoms with Gasteiger partial charge in [0.1, 0.15) is 11.3 Å². The quantitative estimate of drug-likeness (QED) is 0.218. The molecule has 0 atom stereocenters. The third kappa shape index (κ3) is 8.51. The molecule has 0 unspecified atom stereocenters. The van der Waals surface area contributed by atoms with E-state index in [1.165, 1.54) is 10.4 Å². The highest BCUT2D eigenvalue weighted by molar-refractivity contribution is 7.89. The number of ether oxygens (including phenoxy) is 2. The number of sulfonamides is 1. The van der Waals surface area contributed by atoms with E-state index in [0.29, 0.717) is 31.7 Å². The zero-order valence-electron chi connectivity index (χ0n) is 27.6. The summed E-state index contributed by atoms with van der Waals surface area (Å²) in [6, 6.07) is 7.90. The van der Waals surface area contributed by atoms with Gasteiger partial charge in [0.2, 0.25) is 10.0 Å². The summed E-state index contributed by atoms with van der Waals surface area (Å²) in [7, 11) is -2.08. The molecule has 15 heteroatoms. The molecule has 0 bridgehead atoms. The molecule has 4 rings (SSSR count). The van der Waals surface area contributed by atoms with Crippen LogP contribution in [-0.4, -0.2) is 98.1 Å². The van der Waals surface area contributed by atoms with Crippen molar-refractivity contribution in [1.82, 2.24) is 19.6 Å². The van der Waals surface area contributed by atoms with Crippen molar-refractivity contribution in [3.05, 3.63) is 89.5 Å². The van der Waals surface area contributed by atoms with Crippen LogP contribution in [-0.2, 0) is 32.2 Å². The zero-order chi connectivity index (χ0) is 36.0. The first kappa shape index (κ1) is 37.6. The Morgan fingerprint density at radius 1 is 1.06 bits per heavy atom. The van der Waals surface area contributed by atoms with Gasteiger partial charge in [0, 0.05) is 37.8 Å². The number of hydrogen-bond donors (Lipinski definition) is 1. The van der Waals surface area contributed by atoms with Crippen LogP contribution in [0.25, 0.3) is 0 Å². The van der Waals surface area contributed by atoms with Crippen LogP contribution < -0.4 is 10.2 Å². The van der Waals surface area contributed by atoms with Gasteiger partial charge in [-0.25, -0.2) is 17.7 Å². The van der Waals surface area contributed by atoms with E-state index < -0.39 is 44.9 Å². The van der Waals surface area contributed by atoms with Gasteiger partial charge in [-0.05, 0) is 74.1 Å². The molecule has 2 aromatic rings. The smallest absolute Gasteiger partial charge is 0.419 e. The summed E-state index contributed by atoms with van der Waals surface area (Å²) in [4.78, 5) is 40.6. The fourth-order valence-corrected chi connectivity index (χ4v) is 7.22. The minimum atomic E-state index is -4.71. The van der Waals surface area contributed by atoms with Gasteiger partial charge in [-0.3, -0.25) is 19.8 Å². The third-order valence-electron chi connectivity index (χ3n) is 8.70. The van der Waals surface area contributed by atoms with Crippen molar-refractivity contribution in [1.29, 1.82) is 0 Å². The fourth-order valence-electron chi connectivity index (χ4n) is 5.75. The molecule has 266 valence electrons. The van der Waals surface area contributed by atoms with E-state index in [2.05, 4.69) is 18.6 Å². The fraction of sp³-hybridized carbons (Fsp3) is 0.441. The predicted octanol–water partition coefficient (Wildman–Crippen LogP) is 4.14. The van der Waals surface area contributed by atoms with Gasteiger partial charge in [0.05, 0.1) is 31.1 Å². The molecule has 0 saturated carbocycles. The van der Waals surface area contributed by atoms with Crippen LogP contribution in [0.15, 0.2) is 61.7 Å². The highest BCUT2D eigenvalue weighted by atomic mass is 32.2. The van der Waals surface area contributed by atoms with Crippen molar-refractivity contribution in [3.63, 3.8) is 0 Å². The number of amides is 3. The van der Waals surface area contributed by atoms with Gasteiger partial charge in [-0.15, -0.1) is 13.2 Å². The Bertz CT molecular complexity index is 1690. The molecule has 2 saturated heterocycles. The molecule has 1 N–H and O–H groups in total. The van der Waals surface area contributed by atoms with Crippen LogP contribution >= 0.6 is 0 Å². The molecule has 3 amide bonds. The van der Waals surface area contributed by atoms with Gasteiger partial charge in [0.25, 0.3) is 17.7 Å². The number of nitrogens with zero attached hydrogens (tertiary/aromatic N) is 3. The second-order valence-corrected chi connectivity index (χ2v) is 14.0. The molecule has 11 nitrogen and oxygen atoms in total. The number of rotatable bonds is 15. The number of hydrogen-bond acceptors (Lipinski definition) is 7. The Labute approximate surface area is 284 Å². The Hall–Kier alpha value is -4.21. The Morgan fingerprint density at radius 2 is 1.76 bits per heavy atom. The summed E-state index contributed by atoms with van der Waals surface area (Å²) in [5.74, 6) is -2.11. The molecule has 0 radical (unpaired) electrons. The molecule has 1 spiro atoms. The molecule has 2 aliphatic rings. The summed E-state index contributed by atoms with van der Waals surface area (Å²) >= 11 is 0. The molecule has 0 aromatic heterocycles. The topological polar surface area (TPSA) is 126 Å². The second kappa shape index (κ2) is 15.6. The van der Waals surface area contributed by atoms with Crippen LogP contribution in [0.4, 0.5) is 13.2 Å². The number of carbonyl (C=O) groups excluding carboxylic acids is 3. The molecule has 2 fully saturated rings. The van der Waals surface area contributed by atoms with E-state index in [0.717, 1.165) is 34.3 Å². The standard InChI is InChI=1S/C34H41F3N4O7S/c1-5-7-19-48-29-23-27(10-11-28(29)34(35,36)37)31(43)41-33(32(44)38-41)13-15-40(16-14-33)49(45,46)21-12-25-8-9-26(22-24(25)3)30(42)39(4)17-20-47-18-6-2/h5-6,8-11,22-23H,1-2,7,12-21H2,3-4H3,(H,38,44). The highest BCUT2D eigenvalue weighted by Crippen LogP contribution is 2.39. The Balaban J connectivity index is 1.37. The second-order valence-electron chi connectivity index (χ2n) is 11.9. The van der Waals surface area contributed by atoms with E-state index in [1.807, 2.05) is 6.92 Å². The summed E-state index contributed by atoms with van der Waals surface area (Å²) in [5.41, 5.74) is 1.94. The first-order chi connectivity index (χ1) is 23.1. The number of carbonyl (C=O) groups is 3. The van der Waals surface area contributed by atoms with E-state index >= 15 is 0 Å². The number of aryl methyl sites for hydroxylation is 2. The van der Waals surface area contributed by atoms with Crippen molar-refractivity contribution in [3.8, 4) is 5.75 Å². The molecule has 2 heterocycles. The van der Waals surface area contributed by atoms with Crippen LogP contribution in [0.5, 0.6) is 5.75 Å². The van der Waals surface area contributed by atoms with Crippen LogP contribution in [0.1, 0.15) is 56.7 Å². The van der Waals surface area contributed by atoms with Gasteiger partial charge in [-0.1, -0.05) is 18.2 Å². The molecule has 2 aromatic carbocycles. The van der Waals surface area contributed by atoms with Gasteiger partial charge >= 0.3 is 6.18 Å². The van der Waals surface area contributed by atoms with E-state index in [-0.39, 0.29) is 56.2 Å². The summed E-state index contributed by atoms with van der Waals surface area (Å²) in [5, 5.41) is 1.08.